The molecule has 2 aliphatic heterocycles. The lowest BCUT2D eigenvalue weighted by Crippen LogP contribution is -2.38. The van der Waals surface area contributed by atoms with Crippen LogP contribution in [0, 0.1) is 0 Å². The molecule has 0 radical (unpaired) electrons. The van der Waals surface area contributed by atoms with Gasteiger partial charge in [-0.3, -0.25) is 4.68 Å². The van der Waals surface area contributed by atoms with E-state index in [0.717, 1.165) is 41.8 Å². The van der Waals surface area contributed by atoms with Gasteiger partial charge in [-0.15, -0.1) is 0 Å². The van der Waals surface area contributed by atoms with Gasteiger partial charge in [-0.25, -0.2) is 19.6 Å². The summed E-state index contributed by atoms with van der Waals surface area (Å²) < 4.78 is 10.0. The van der Waals surface area contributed by atoms with Crippen LogP contribution in [0.4, 0.5) is 17.5 Å². The second kappa shape index (κ2) is 6.91. The first kappa shape index (κ1) is 19.0. The molecule has 6 rings (SSSR count). The van der Waals surface area contributed by atoms with Gasteiger partial charge in [0.1, 0.15) is 17.2 Å². The van der Waals surface area contributed by atoms with Crippen molar-refractivity contribution >= 4 is 28.4 Å². The molecule has 164 valence electrons. The second-order valence-corrected chi connectivity index (χ2v) is 8.95. The van der Waals surface area contributed by atoms with Crippen LogP contribution < -0.4 is 15.0 Å². The molecule has 2 aliphatic rings. The number of fused-ring (bicyclic) bond motifs is 5. The first-order chi connectivity index (χ1) is 15.5. The number of nitrogens with one attached hydrogen (secondary N) is 1. The zero-order chi connectivity index (χ0) is 21.9. The third-order valence-corrected chi connectivity index (χ3v) is 6.26. The zero-order valence-electron chi connectivity index (χ0n) is 18.4. The van der Waals surface area contributed by atoms with E-state index in [1.165, 1.54) is 6.42 Å². The number of rotatable bonds is 1. The van der Waals surface area contributed by atoms with Crippen molar-refractivity contribution in [2.75, 3.05) is 29.9 Å². The Morgan fingerprint density at radius 3 is 2.81 bits per heavy atom. The highest BCUT2D eigenvalue weighted by Crippen LogP contribution is 2.35. The van der Waals surface area contributed by atoms with Gasteiger partial charge in [-0.05, 0) is 26.3 Å². The highest BCUT2D eigenvalue weighted by Gasteiger charge is 2.29. The van der Waals surface area contributed by atoms with Gasteiger partial charge in [0, 0.05) is 45.0 Å². The highest BCUT2D eigenvalue weighted by atomic mass is 16.5. The van der Waals surface area contributed by atoms with E-state index in [2.05, 4.69) is 54.9 Å². The van der Waals surface area contributed by atoms with Crippen LogP contribution in [0.5, 0.6) is 5.88 Å². The largest absolute Gasteiger partial charge is 0.477 e. The Kier molecular flexibility index (Phi) is 4.11. The van der Waals surface area contributed by atoms with Crippen LogP contribution in [0.15, 0.2) is 30.7 Å². The van der Waals surface area contributed by atoms with E-state index in [1.807, 2.05) is 19.3 Å². The Bertz CT molecular complexity index is 1320. The summed E-state index contributed by atoms with van der Waals surface area (Å²) in [4.78, 5) is 16.1. The van der Waals surface area contributed by atoms with E-state index in [9.17, 15) is 0 Å². The summed E-state index contributed by atoms with van der Waals surface area (Å²) in [6, 6.07) is 3.88. The third-order valence-electron chi connectivity index (χ3n) is 6.26. The van der Waals surface area contributed by atoms with E-state index in [0.29, 0.717) is 29.9 Å². The van der Waals surface area contributed by atoms with Gasteiger partial charge in [0.15, 0.2) is 11.6 Å². The predicted molar refractivity (Wildman–Crippen MR) is 121 cm³/mol. The maximum absolute atomic E-state index is 6.21. The summed E-state index contributed by atoms with van der Waals surface area (Å²) in [5.74, 6) is 3.58. The van der Waals surface area contributed by atoms with E-state index in [1.54, 1.807) is 17.1 Å². The van der Waals surface area contributed by atoms with Gasteiger partial charge in [0.05, 0.1) is 29.2 Å². The molecule has 0 aliphatic carbocycles. The lowest BCUT2D eigenvalue weighted by molar-refractivity contribution is 0.210. The highest BCUT2D eigenvalue weighted by molar-refractivity contribution is 5.92. The van der Waals surface area contributed by atoms with Gasteiger partial charge in [-0.1, -0.05) is 0 Å². The summed E-state index contributed by atoms with van der Waals surface area (Å²) in [5, 5.41) is 13.8. The SMILES string of the molecule is Cn1ncc2c1OCCC(C)(C)n1nc(N3CCC3)c3cnc(cc31)Nc1ccnc-2n1. The fourth-order valence-corrected chi connectivity index (χ4v) is 4.23. The second-order valence-electron chi connectivity index (χ2n) is 8.95. The van der Waals surface area contributed by atoms with Crippen LogP contribution in [0.2, 0.25) is 0 Å². The van der Waals surface area contributed by atoms with Crippen molar-refractivity contribution in [2.45, 2.75) is 32.2 Å². The Labute approximate surface area is 185 Å². The van der Waals surface area contributed by atoms with Crippen LogP contribution in [0.3, 0.4) is 0 Å². The van der Waals surface area contributed by atoms with Crippen molar-refractivity contribution in [3.63, 3.8) is 0 Å². The van der Waals surface area contributed by atoms with Gasteiger partial charge in [0.2, 0.25) is 5.88 Å². The van der Waals surface area contributed by atoms with Gasteiger partial charge >= 0.3 is 0 Å². The van der Waals surface area contributed by atoms with Crippen molar-refractivity contribution in [1.82, 2.24) is 34.5 Å². The molecular formula is C22H25N9O. The molecule has 10 nitrogen and oxygen atoms in total. The molecule has 4 aromatic heterocycles. The number of pyridine rings is 1. The van der Waals surface area contributed by atoms with Crippen molar-refractivity contribution in [3.8, 4) is 17.3 Å². The lowest BCUT2D eigenvalue weighted by Gasteiger charge is -2.31. The van der Waals surface area contributed by atoms with E-state index in [4.69, 9.17) is 9.84 Å². The average molecular weight is 432 g/mol. The maximum Gasteiger partial charge on any atom is 0.222 e. The third kappa shape index (κ3) is 2.97. The molecule has 0 atom stereocenters. The lowest BCUT2D eigenvalue weighted by atomic mass is 10.0. The molecule has 1 N–H and O–H groups in total. The summed E-state index contributed by atoms with van der Waals surface area (Å²) in [7, 11) is 1.86. The van der Waals surface area contributed by atoms with Crippen molar-refractivity contribution < 1.29 is 4.74 Å². The molecule has 6 heterocycles. The molecule has 0 amide bonds. The van der Waals surface area contributed by atoms with Crippen LogP contribution in [0.25, 0.3) is 22.3 Å². The number of aryl methyl sites for hydroxylation is 1. The molecule has 32 heavy (non-hydrogen) atoms. The number of aromatic nitrogens is 7. The minimum atomic E-state index is -0.270. The quantitative estimate of drug-likeness (QED) is 0.491. The fraction of sp³-hybridized carbons (Fsp3) is 0.409. The number of hydrogen-bond acceptors (Lipinski definition) is 8. The summed E-state index contributed by atoms with van der Waals surface area (Å²) in [6.45, 7) is 6.96. The molecule has 0 aromatic carbocycles. The van der Waals surface area contributed by atoms with Gasteiger partial charge in [0.25, 0.3) is 0 Å². The van der Waals surface area contributed by atoms with Crippen LogP contribution in [-0.4, -0.2) is 54.2 Å². The van der Waals surface area contributed by atoms with Crippen molar-refractivity contribution in [2.24, 2.45) is 7.05 Å². The Balaban J connectivity index is 1.52. The molecular weight excluding hydrogens is 406 g/mol. The van der Waals surface area contributed by atoms with Crippen molar-refractivity contribution in [1.29, 1.82) is 0 Å². The van der Waals surface area contributed by atoms with E-state index in [-0.39, 0.29) is 5.54 Å². The van der Waals surface area contributed by atoms with E-state index >= 15 is 0 Å². The van der Waals surface area contributed by atoms with E-state index < -0.39 is 0 Å². The van der Waals surface area contributed by atoms with Crippen LogP contribution in [-0.2, 0) is 12.6 Å². The smallest absolute Gasteiger partial charge is 0.222 e. The van der Waals surface area contributed by atoms with Gasteiger partial charge < -0.3 is 15.0 Å². The summed E-state index contributed by atoms with van der Waals surface area (Å²) in [5.41, 5.74) is 1.53. The molecule has 0 spiro atoms. The summed E-state index contributed by atoms with van der Waals surface area (Å²) >= 11 is 0. The standard InChI is InChI=1S/C22H25N9O/c1-22(2)6-10-32-21-15(13-25-29(21)3)19-23-7-5-17(27-19)26-18-11-16-14(12-24-18)20(28-31(16)22)30-8-4-9-30/h5,7,11-13H,4,6,8-10H2,1-3H3,(H,23,24,26,27). The summed E-state index contributed by atoms with van der Waals surface area (Å²) in [6.07, 6.45) is 7.33. The van der Waals surface area contributed by atoms with Gasteiger partial charge in [-0.2, -0.15) is 10.2 Å². The number of hydrogen-bond donors (Lipinski definition) is 1. The molecule has 1 fully saturated rings. The predicted octanol–water partition coefficient (Wildman–Crippen LogP) is 3.09. The number of anilines is 3. The Morgan fingerprint density at radius 1 is 1.12 bits per heavy atom. The van der Waals surface area contributed by atoms with Crippen LogP contribution >= 0.6 is 0 Å². The Hall–Kier alpha value is -3.69. The molecule has 0 saturated carbocycles. The molecule has 4 aromatic rings. The monoisotopic (exact) mass is 431 g/mol. The molecule has 1 saturated heterocycles. The topological polar surface area (TPSA) is 98.8 Å². The minimum Gasteiger partial charge on any atom is -0.477 e. The van der Waals surface area contributed by atoms with Crippen molar-refractivity contribution in [3.05, 3.63) is 30.7 Å². The molecule has 10 heteroatoms. The number of nitrogens with zero attached hydrogens (tertiary/aromatic N) is 8. The maximum atomic E-state index is 6.21. The molecule has 0 unspecified atom stereocenters. The first-order valence-corrected chi connectivity index (χ1v) is 10.9. The average Bonchev–Trinajstić information content (AvgIpc) is 3.28. The van der Waals surface area contributed by atoms with Crippen LogP contribution in [0.1, 0.15) is 26.7 Å². The zero-order valence-corrected chi connectivity index (χ0v) is 18.4. The minimum absolute atomic E-state index is 0.270. The fourth-order valence-electron chi connectivity index (χ4n) is 4.23. The number of ether oxygens (including phenoxy) is 1. The normalized spacial score (nSPS) is 17.3. The Morgan fingerprint density at radius 2 is 2.00 bits per heavy atom. The first-order valence-electron chi connectivity index (χ1n) is 10.9. The molecule has 4 bridgehead atoms.